The van der Waals surface area contributed by atoms with E-state index in [1.54, 1.807) is 19.2 Å². The Morgan fingerprint density at radius 1 is 0.618 bits per heavy atom. The Morgan fingerprint density at radius 2 is 1.00 bits per heavy atom. The third-order valence-electron chi connectivity index (χ3n) is 3.85. The molecule has 0 saturated carbocycles. The zero-order valence-electron chi connectivity index (χ0n) is 20.1. The molecule has 192 valence electrons. The van der Waals surface area contributed by atoms with Gasteiger partial charge in [-0.05, 0) is 48.5 Å². The predicted molar refractivity (Wildman–Crippen MR) is 111 cm³/mol. The van der Waals surface area contributed by atoms with Crippen LogP contribution in [0.4, 0.5) is 0 Å². The van der Waals surface area contributed by atoms with Crippen LogP contribution in [0, 0.1) is 10.8 Å². The molecule has 34 heavy (non-hydrogen) atoms. The van der Waals surface area contributed by atoms with Crippen LogP contribution >= 0.6 is 0 Å². The highest BCUT2D eigenvalue weighted by Crippen LogP contribution is 2.20. The van der Waals surface area contributed by atoms with Crippen molar-refractivity contribution in [2.75, 3.05) is 19.8 Å². The summed E-state index contributed by atoms with van der Waals surface area (Å²) < 4.78 is 13.2. The molecule has 14 nitrogen and oxygen atoms in total. The quantitative estimate of drug-likeness (QED) is 0.171. The van der Waals surface area contributed by atoms with Gasteiger partial charge in [0.15, 0.2) is 0 Å². The largest absolute Gasteiger partial charge is 0.473 e. The van der Waals surface area contributed by atoms with Crippen LogP contribution in [0.25, 0.3) is 0 Å². The van der Waals surface area contributed by atoms with Gasteiger partial charge in [-0.15, -0.1) is 0 Å². The standard InChI is InChI=1S/C16H24N2O8.C4H6O4/c1-7-25-10(20)9(19)17-11(21)15(3,4)12(22)18-13(23)16(5,6)14(24)26-8-2;1-2-8-4(7)3(5)6/h7-8H2,1-6H3,(H,17,19,21)(H,18,22,23);2H2,1H3,(H,5,6). The zero-order valence-corrected chi connectivity index (χ0v) is 20.1. The van der Waals surface area contributed by atoms with E-state index < -0.39 is 58.3 Å². The van der Waals surface area contributed by atoms with Gasteiger partial charge < -0.3 is 19.3 Å². The molecule has 0 fully saturated rings. The number of carboxylic acid groups (broad SMARTS) is 1. The highest BCUT2D eigenvalue weighted by Gasteiger charge is 2.43. The average Bonchev–Trinajstić information content (AvgIpc) is 2.74. The Bertz CT molecular complexity index is 829. The van der Waals surface area contributed by atoms with Gasteiger partial charge in [-0.3, -0.25) is 34.6 Å². The van der Waals surface area contributed by atoms with E-state index in [0.717, 1.165) is 13.8 Å². The maximum absolute atomic E-state index is 12.2. The summed E-state index contributed by atoms with van der Waals surface area (Å²) in [6, 6.07) is 0. The van der Waals surface area contributed by atoms with Crippen molar-refractivity contribution in [3.05, 3.63) is 0 Å². The van der Waals surface area contributed by atoms with Crippen molar-refractivity contribution in [1.82, 2.24) is 10.6 Å². The first-order chi connectivity index (χ1) is 15.5. The summed E-state index contributed by atoms with van der Waals surface area (Å²) in [5, 5.41) is 11.5. The van der Waals surface area contributed by atoms with Crippen LogP contribution in [0.15, 0.2) is 0 Å². The molecule has 4 amide bonds. The number of aliphatic carboxylic acids is 1. The number of ether oxygens (including phenoxy) is 3. The van der Waals surface area contributed by atoms with Crippen LogP contribution in [-0.4, -0.2) is 72.4 Å². The van der Waals surface area contributed by atoms with Gasteiger partial charge in [-0.2, -0.15) is 0 Å². The van der Waals surface area contributed by atoms with Gasteiger partial charge in [0.2, 0.25) is 17.7 Å². The van der Waals surface area contributed by atoms with Gasteiger partial charge in [0, 0.05) is 0 Å². The number of nitrogens with one attached hydrogen (secondary N) is 2. The Kier molecular flexibility index (Phi) is 13.6. The fraction of sp³-hybridized carbons (Fsp3) is 0.600. The SMILES string of the molecule is CCOC(=O)C(=O)NC(=O)C(C)(C)C(=O)NC(=O)C(C)(C)C(=O)OCC.CCOC(=O)C(=O)O. The molecule has 0 rings (SSSR count). The topological polar surface area (TPSA) is 209 Å². The second-order valence-electron chi connectivity index (χ2n) is 7.28. The molecule has 0 radical (unpaired) electrons. The maximum atomic E-state index is 12.2. The molecule has 0 aromatic rings. The summed E-state index contributed by atoms with van der Waals surface area (Å²) in [5.74, 6) is -9.36. The van der Waals surface area contributed by atoms with Crippen molar-refractivity contribution in [3.8, 4) is 0 Å². The van der Waals surface area contributed by atoms with Crippen molar-refractivity contribution in [1.29, 1.82) is 0 Å². The molecular weight excluding hydrogens is 460 g/mol. The number of amides is 4. The first kappa shape index (κ1) is 32.3. The van der Waals surface area contributed by atoms with Crippen LogP contribution in [0.2, 0.25) is 0 Å². The molecule has 0 aromatic heterocycles. The van der Waals surface area contributed by atoms with Gasteiger partial charge in [0.1, 0.15) is 10.8 Å². The monoisotopic (exact) mass is 490 g/mol. The molecule has 0 atom stereocenters. The zero-order chi connectivity index (χ0) is 27.3. The summed E-state index contributed by atoms with van der Waals surface area (Å²) in [5.41, 5.74) is -3.55. The minimum atomic E-state index is -1.89. The van der Waals surface area contributed by atoms with E-state index in [-0.39, 0.29) is 19.8 Å². The fourth-order valence-corrected chi connectivity index (χ4v) is 1.62. The van der Waals surface area contributed by atoms with Gasteiger partial charge >= 0.3 is 29.8 Å². The number of carboxylic acids is 1. The van der Waals surface area contributed by atoms with Crippen molar-refractivity contribution in [3.63, 3.8) is 0 Å². The van der Waals surface area contributed by atoms with Crippen molar-refractivity contribution in [2.24, 2.45) is 10.8 Å². The van der Waals surface area contributed by atoms with E-state index in [4.69, 9.17) is 9.84 Å². The number of carbonyl (C=O) groups excluding carboxylic acids is 7. The molecule has 0 heterocycles. The molecule has 0 aliphatic rings. The molecule has 0 aliphatic carbocycles. The van der Waals surface area contributed by atoms with E-state index in [0.29, 0.717) is 0 Å². The van der Waals surface area contributed by atoms with Crippen molar-refractivity contribution < 1.29 is 57.7 Å². The number of hydrogen-bond donors (Lipinski definition) is 3. The summed E-state index contributed by atoms with van der Waals surface area (Å²) >= 11 is 0. The van der Waals surface area contributed by atoms with Gasteiger partial charge in [-0.1, -0.05) is 0 Å². The summed E-state index contributed by atoms with van der Waals surface area (Å²) in [7, 11) is 0. The van der Waals surface area contributed by atoms with E-state index in [9.17, 15) is 38.4 Å². The van der Waals surface area contributed by atoms with Crippen molar-refractivity contribution >= 4 is 47.5 Å². The number of imide groups is 2. The number of hydrogen-bond acceptors (Lipinski definition) is 11. The smallest absolute Gasteiger partial charge is 0.417 e. The first-order valence-corrected chi connectivity index (χ1v) is 9.96. The molecular formula is C20H30N2O12. The molecule has 0 aliphatic heterocycles. The first-order valence-electron chi connectivity index (χ1n) is 9.96. The van der Waals surface area contributed by atoms with E-state index >= 15 is 0 Å². The number of rotatable bonds is 7. The number of esters is 3. The van der Waals surface area contributed by atoms with E-state index in [2.05, 4.69) is 9.47 Å². The van der Waals surface area contributed by atoms with E-state index in [1.807, 2.05) is 5.32 Å². The van der Waals surface area contributed by atoms with E-state index in [1.165, 1.54) is 20.8 Å². The van der Waals surface area contributed by atoms with Crippen LogP contribution in [-0.2, 0) is 52.6 Å². The lowest BCUT2D eigenvalue weighted by atomic mass is 9.88. The highest BCUT2D eigenvalue weighted by molar-refractivity contribution is 6.36. The predicted octanol–water partition coefficient (Wildman–Crippen LogP) is -0.915. The van der Waals surface area contributed by atoms with Crippen LogP contribution in [0.1, 0.15) is 48.5 Å². The summed E-state index contributed by atoms with van der Waals surface area (Å²) in [4.78, 5) is 90.5. The third-order valence-corrected chi connectivity index (χ3v) is 3.85. The lowest BCUT2D eigenvalue weighted by Crippen LogP contribution is -2.54. The van der Waals surface area contributed by atoms with Crippen molar-refractivity contribution in [2.45, 2.75) is 48.5 Å². The maximum Gasteiger partial charge on any atom is 0.417 e. The molecule has 3 N–H and O–H groups in total. The van der Waals surface area contributed by atoms with Gasteiger partial charge in [0.05, 0.1) is 19.8 Å². The summed E-state index contributed by atoms with van der Waals surface area (Å²) in [6.45, 7) is 9.45. The van der Waals surface area contributed by atoms with Crippen LogP contribution in [0.3, 0.4) is 0 Å². The second kappa shape index (κ2) is 14.3. The molecule has 0 saturated heterocycles. The van der Waals surface area contributed by atoms with Gasteiger partial charge in [0.25, 0.3) is 0 Å². The third kappa shape index (κ3) is 10.2. The Balaban J connectivity index is 0. The van der Waals surface area contributed by atoms with Gasteiger partial charge in [-0.25, -0.2) is 14.4 Å². The highest BCUT2D eigenvalue weighted by atomic mass is 16.6. The molecule has 0 unspecified atom stereocenters. The fourth-order valence-electron chi connectivity index (χ4n) is 1.62. The van der Waals surface area contributed by atoms with Crippen LogP contribution in [0.5, 0.6) is 0 Å². The average molecular weight is 490 g/mol. The Hall–Kier alpha value is -3.84. The normalized spacial score (nSPS) is 10.4. The molecule has 0 aromatic carbocycles. The minimum Gasteiger partial charge on any atom is -0.473 e. The molecule has 14 heteroatoms. The van der Waals surface area contributed by atoms with Crippen LogP contribution < -0.4 is 10.6 Å². The molecule has 0 bridgehead atoms. The molecule has 0 spiro atoms. The second-order valence-corrected chi connectivity index (χ2v) is 7.28. The Morgan fingerprint density at radius 3 is 1.38 bits per heavy atom. The Labute approximate surface area is 195 Å². The summed E-state index contributed by atoms with van der Waals surface area (Å²) in [6.07, 6.45) is 0. The number of carbonyl (C=O) groups is 8. The minimum absolute atomic E-state index is 0.0490. The lowest BCUT2D eigenvalue weighted by Gasteiger charge is -2.25. The lowest BCUT2D eigenvalue weighted by molar-refractivity contribution is -0.163.